The molecular weight excluding hydrogens is 458 g/mol. The average Bonchev–Trinajstić information content (AvgIpc) is 3.27. The number of methoxy groups -OCH3 is 1. The van der Waals surface area contributed by atoms with Gasteiger partial charge >= 0.3 is 0 Å². The van der Waals surface area contributed by atoms with Crippen molar-refractivity contribution in [1.29, 1.82) is 0 Å². The Balaban J connectivity index is 1.45. The molecule has 2 aromatic carbocycles. The summed E-state index contributed by atoms with van der Waals surface area (Å²) in [6, 6.07) is 11.9. The number of nitrogens with zero attached hydrogens (tertiary/aromatic N) is 2. The molecule has 1 aliphatic heterocycles. The molecule has 1 aliphatic rings. The van der Waals surface area contributed by atoms with Crippen LogP contribution in [-0.2, 0) is 10.0 Å². The van der Waals surface area contributed by atoms with Gasteiger partial charge in [-0.3, -0.25) is 10.1 Å². The van der Waals surface area contributed by atoms with Crippen molar-refractivity contribution in [3.8, 4) is 17.0 Å². The van der Waals surface area contributed by atoms with Crippen molar-refractivity contribution in [1.82, 2.24) is 9.29 Å². The third-order valence-corrected chi connectivity index (χ3v) is 8.43. The second-order valence-corrected chi connectivity index (χ2v) is 11.1. The normalized spacial score (nSPS) is 17.0. The van der Waals surface area contributed by atoms with Crippen LogP contribution in [-0.4, -0.2) is 43.8 Å². The molecule has 0 saturated carbocycles. The molecule has 0 bridgehead atoms. The Hall–Kier alpha value is -2.75. The van der Waals surface area contributed by atoms with Crippen molar-refractivity contribution in [3.05, 3.63) is 59.0 Å². The number of hydrogen-bond donors (Lipinski definition) is 1. The Labute approximate surface area is 198 Å². The third kappa shape index (κ3) is 5.10. The highest BCUT2D eigenvalue weighted by molar-refractivity contribution is 7.89. The molecule has 1 aromatic heterocycles. The lowest BCUT2D eigenvalue weighted by Crippen LogP contribution is -2.39. The molecule has 1 saturated heterocycles. The third-order valence-electron chi connectivity index (χ3n) is 5.79. The topological polar surface area (TPSA) is 88.6 Å². The van der Waals surface area contributed by atoms with Crippen LogP contribution in [0.3, 0.4) is 0 Å². The molecule has 4 rings (SSSR count). The van der Waals surface area contributed by atoms with E-state index in [1.807, 2.05) is 30.5 Å². The second kappa shape index (κ2) is 9.62. The van der Waals surface area contributed by atoms with Crippen LogP contribution in [0.15, 0.2) is 52.7 Å². The second-order valence-electron chi connectivity index (χ2n) is 8.31. The molecule has 1 fully saturated rings. The van der Waals surface area contributed by atoms with Crippen molar-refractivity contribution in [2.24, 2.45) is 5.92 Å². The predicted octanol–water partition coefficient (Wildman–Crippen LogP) is 4.80. The Morgan fingerprint density at radius 1 is 1.21 bits per heavy atom. The number of aryl methyl sites for hydroxylation is 1. The van der Waals surface area contributed by atoms with Crippen LogP contribution in [0.1, 0.15) is 35.7 Å². The summed E-state index contributed by atoms with van der Waals surface area (Å²) in [4.78, 5) is 17.4. The largest absolute Gasteiger partial charge is 0.496 e. The number of sulfonamides is 1. The average molecular weight is 486 g/mol. The summed E-state index contributed by atoms with van der Waals surface area (Å²) in [6.07, 6.45) is 1.91. The van der Waals surface area contributed by atoms with Crippen LogP contribution in [0.2, 0.25) is 0 Å². The van der Waals surface area contributed by atoms with Gasteiger partial charge in [0.25, 0.3) is 5.91 Å². The predicted molar refractivity (Wildman–Crippen MR) is 130 cm³/mol. The lowest BCUT2D eigenvalue weighted by molar-refractivity contribution is 0.102. The maximum atomic E-state index is 12.9. The molecule has 0 spiro atoms. The van der Waals surface area contributed by atoms with E-state index >= 15 is 0 Å². The summed E-state index contributed by atoms with van der Waals surface area (Å²) < 4.78 is 32.7. The van der Waals surface area contributed by atoms with E-state index in [0.717, 1.165) is 35.4 Å². The smallest absolute Gasteiger partial charge is 0.257 e. The standard InChI is InChI=1S/C24H27N3O4S2/c1-16-5-4-12-27(14-16)33(29,30)20-9-6-18(7-10-20)23(28)26-24-25-21(15-32-24)19-8-11-22(31-3)17(2)13-19/h6-11,13,15-16H,4-5,12,14H2,1-3H3,(H,25,26,28)/t16-/m1/s1. The van der Waals surface area contributed by atoms with E-state index < -0.39 is 10.0 Å². The number of ether oxygens (including phenoxy) is 1. The van der Waals surface area contributed by atoms with Gasteiger partial charge < -0.3 is 4.74 Å². The van der Waals surface area contributed by atoms with Gasteiger partial charge in [0.2, 0.25) is 10.0 Å². The van der Waals surface area contributed by atoms with E-state index in [0.29, 0.717) is 29.7 Å². The monoisotopic (exact) mass is 485 g/mol. The minimum absolute atomic E-state index is 0.208. The van der Waals surface area contributed by atoms with Gasteiger partial charge in [0.1, 0.15) is 5.75 Å². The van der Waals surface area contributed by atoms with Crippen LogP contribution in [0.25, 0.3) is 11.3 Å². The van der Waals surface area contributed by atoms with E-state index in [9.17, 15) is 13.2 Å². The number of hydrogen-bond acceptors (Lipinski definition) is 6. The van der Waals surface area contributed by atoms with Crippen LogP contribution in [0.5, 0.6) is 5.75 Å². The van der Waals surface area contributed by atoms with E-state index in [-0.39, 0.29) is 10.8 Å². The highest BCUT2D eigenvalue weighted by Gasteiger charge is 2.28. The zero-order valence-electron chi connectivity index (χ0n) is 18.9. The van der Waals surface area contributed by atoms with Crippen LogP contribution < -0.4 is 10.1 Å². The zero-order chi connectivity index (χ0) is 23.6. The van der Waals surface area contributed by atoms with E-state index in [1.165, 1.54) is 39.9 Å². The molecule has 7 nitrogen and oxygen atoms in total. The molecule has 1 amide bonds. The Kier molecular flexibility index (Phi) is 6.83. The van der Waals surface area contributed by atoms with Crippen molar-refractivity contribution < 1.29 is 17.9 Å². The van der Waals surface area contributed by atoms with E-state index in [1.54, 1.807) is 7.11 Å². The number of anilines is 1. The number of benzene rings is 2. The summed E-state index contributed by atoms with van der Waals surface area (Å²) in [6.45, 7) is 5.10. The lowest BCUT2D eigenvalue weighted by Gasteiger charge is -2.30. The molecule has 1 atom stereocenters. The minimum Gasteiger partial charge on any atom is -0.496 e. The number of thiazole rings is 1. The number of rotatable bonds is 6. The van der Waals surface area contributed by atoms with Crippen molar-refractivity contribution in [2.75, 3.05) is 25.5 Å². The highest BCUT2D eigenvalue weighted by atomic mass is 32.2. The maximum absolute atomic E-state index is 12.9. The molecule has 0 radical (unpaired) electrons. The van der Waals surface area contributed by atoms with E-state index in [2.05, 4.69) is 17.2 Å². The summed E-state index contributed by atoms with van der Waals surface area (Å²) in [5, 5.41) is 5.15. The molecule has 0 aliphatic carbocycles. The SMILES string of the molecule is COc1ccc(-c2csc(NC(=O)c3ccc(S(=O)(=O)N4CCC[C@@H](C)C4)cc3)n2)cc1C. The van der Waals surface area contributed by atoms with Crippen molar-refractivity contribution in [3.63, 3.8) is 0 Å². The fourth-order valence-electron chi connectivity index (χ4n) is 3.96. The van der Waals surface area contributed by atoms with Gasteiger partial charge in [0, 0.05) is 29.6 Å². The van der Waals surface area contributed by atoms with Gasteiger partial charge in [-0.15, -0.1) is 11.3 Å². The summed E-state index contributed by atoms with van der Waals surface area (Å²) in [7, 11) is -1.92. The summed E-state index contributed by atoms with van der Waals surface area (Å²) in [5.41, 5.74) is 3.07. The summed E-state index contributed by atoms with van der Waals surface area (Å²) in [5.74, 6) is 0.823. The van der Waals surface area contributed by atoms with Gasteiger partial charge in [-0.05, 0) is 73.7 Å². The quantitative estimate of drug-likeness (QED) is 0.542. The molecule has 9 heteroatoms. The Bertz CT molecular complexity index is 1250. The molecule has 174 valence electrons. The number of carbonyl (C=O) groups excluding carboxylic acids is 1. The van der Waals surface area contributed by atoms with Crippen LogP contribution in [0.4, 0.5) is 5.13 Å². The number of piperidine rings is 1. The molecule has 1 N–H and O–H groups in total. The van der Waals surface area contributed by atoms with Gasteiger partial charge in [0.05, 0.1) is 17.7 Å². The first-order valence-corrected chi connectivity index (χ1v) is 13.1. The van der Waals surface area contributed by atoms with Crippen molar-refractivity contribution in [2.45, 2.75) is 31.6 Å². The van der Waals surface area contributed by atoms with Gasteiger partial charge in [-0.2, -0.15) is 4.31 Å². The zero-order valence-corrected chi connectivity index (χ0v) is 20.5. The van der Waals surface area contributed by atoms with E-state index in [4.69, 9.17) is 4.74 Å². The van der Waals surface area contributed by atoms with Gasteiger partial charge in [-0.25, -0.2) is 13.4 Å². The molecule has 0 unspecified atom stereocenters. The first-order chi connectivity index (χ1) is 15.8. The lowest BCUT2D eigenvalue weighted by atomic mass is 10.0. The van der Waals surface area contributed by atoms with Crippen LogP contribution >= 0.6 is 11.3 Å². The number of nitrogens with one attached hydrogen (secondary N) is 1. The first kappa shape index (κ1) is 23.4. The summed E-state index contributed by atoms with van der Waals surface area (Å²) >= 11 is 1.33. The van der Waals surface area contributed by atoms with Gasteiger partial charge in [-0.1, -0.05) is 6.92 Å². The van der Waals surface area contributed by atoms with Crippen LogP contribution in [0, 0.1) is 12.8 Å². The molecule has 33 heavy (non-hydrogen) atoms. The molecular formula is C24H27N3O4S2. The van der Waals surface area contributed by atoms with Crippen molar-refractivity contribution >= 4 is 32.4 Å². The first-order valence-electron chi connectivity index (χ1n) is 10.8. The highest BCUT2D eigenvalue weighted by Crippen LogP contribution is 2.29. The molecule has 2 heterocycles. The molecule has 3 aromatic rings. The minimum atomic E-state index is -3.55. The number of amides is 1. The Morgan fingerprint density at radius 2 is 1.97 bits per heavy atom. The van der Waals surface area contributed by atoms with Gasteiger partial charge in [0.15, 0.2) is 5.13 Å². The maximum Gasteiger partial charge on any atom is 0.257 e. The fraction of sp³-hybridized carbons (Fsp3) is 0.333. The number of carbonyl (C=O) groups is 1. The number of aromatic nitrogens is 1. The Morgan fingerprint density at radius 3 is 2.64 bits per heavy atom. The fourth-order valence-corrected chi connectivity index (χ4v) is 6.28.